The number of aryl methyl sites for hydroxylation is 1. The Morgan fingerprint density at radius 3 is 3.06 bits per heavy atom. The molecule has 1 amide bonds. The van der Waals surface area contributed by atoms with Crippen molar-refractivity contribution >= 4 is 17.4 Å². The van der Waals surface area contributed by atoms with Gasteiger partial charge in [-0.15, -0.1) is 0 Å². The largest absolute Gasteiger partial charge is 0.379 e. The highest BCUT2D eigenvalue weighted by Gasteiger charge is 2.25. The number of carbonyl (C=O) groups excluding carboxylic acids is 1. The number of carbonyl (C=O) groups is 1. The van der Waals surface area contributed by atoms with E-state index in [2.05, 4.69) is 10.1 Å². The summed E-state index contributed by atoms with van der Waals surface area (Å²) in [5.74, 6) is 0.501. The zero-order valence-corrected chi connectivity index (χ0v) is 9.30. The maximum Gasteiger partial charge on any atom is 0.254 e. The van der Waals surface area contributed by atoms with Crippen molar-refractivity contribution in [3.8, 4) is 0 Å². The summed E-state index contributed by atoms with van der Waals surface area (Å²) in [7, 11) is 1.58. The maximum atomic E-state index is 11.7. The van der Waals surface area contributed by atoms with Crippen molar-refractivity contribution in [3.63, 3.8) is 0 Å². The van der Waals surface area contributed by atoms with Gasteiger partial charge in [0.1, 0.15) is 0 Å². The van der Waals surface area contributed by atoms with Crippen LogP contribution in [0.3, 0.4) is 0 Å². The number of methoxy groups -OCH3 is 1. The lowest BCUT2D eigenvalue weighted by molar-refractivity contribution is -0.117. The van der Waals surface area contributed by atoms with Crippen molar-refractivity contribution in [2.24, 2.45) is 5.10 Å². The van der Waals surface area contributed by atoms with Gasteiger partial charge in [0.05, 0.1) is 18.7 Å². The van der Waals surface area contributed by atoms with Crippen LogP contribution in [0.2, 0.25) is 0 Å². The Labute approximate surface area is 93.7 Å². The molecule has 0 aliphatic carbocycles. The first-order valence-corrected chi connectivity index (χ1v) is 5.01. The van der Waals surface area contributed by atoms with E-state index in [0.29, 0.717) is 18.8 Å². The zero-order valence-electron chi connectivity index (χ0n) is 9.30. The SMILES string of the molecule is COCC1=NN(c2cc(C)ccn2)C(=O)C1. The quantitative estimate of drug-likeness (QED) is 0.765. The van der Waals surface area contributed by atoms with Crippen LogP contribution in [0.5, 0.6) is 0 Å². The lowest BCUT2D eigenvalue weighted by Crippen LogP contribution is -2.20. The Morgan fingerprint density at radius 2 is 2.38 bits per heavy atom. The number of amides is 1. The fourth-order valence-electron chi connectivity index (χ4n) is 1.54. The molecule has 5 nitrogen and oxygen atoms in total. The second-order valence-corrected chi connectivity index (χ2v) is 3.67. The minimum Gasteiger partial charge on any atom is -0.379 e. The fourth-order valence-corrected chi connectivity index (χ4v) is 1.54. The molecule has 0 bridgehead atoms. The van der Waals surface area contributed by atoms with E-state index < -0.39 is 0 Å². The second-order valence-electron chi connectivity index (χ2n) is 3.67. The van der Waals surface area contributed by atoms with E-state index in [1.54, 1.807) is 13.3 Å². The summed E-state index contributed by atoms with van der Waals surface area (Å²) in [6.07, 6.45) is 1.98. The van der Waals surface area contributed by atoms with Gasteiger partial charge in [0.15, 0.2) is 5.82 Å². The van der Waals surface area contributed by atoms with E-state index >= 15 is 0 Å². The number of pyridine rings is 1. The summed E-state index contributed by atoms with van der Waals surface area (Å²) < 4.78 is 4.95. The average Bonchev–Trinajstić information content (AvgIpc) is 2.60. The van der Waals surface area contributed by atoms with Gasteiger partial charge in [-0.3, -0.25) is 4.79 Å². The second kappa shape index (κ2) is 4.40. The molecule has 1 aliphatic rings. The first-order valence-electron chi connectivity index (χ1n) is 5.01. The molecular formula is C11H13N3O2. The molecule has 0 spiro atoms. The number of hydrogen-bond acceptors (Lipinski definition) is 4. The summed E-state index contributed by atoms with van der Waals surface area (Å²) in [6, 6.07) is 3.71. The van der Waals surface area contributed by atoms with Crippen molar-refractivity contribution in [1.29, 1.82) is 0 Å². The van der Waals surface area contributed by atoms with Gasteiger partial charge in [0.2, 0.25) is 0 Å². The summed E-state index contributed by atoms with van der Waals surface area (Å²) in [6.45, 7) is 2.33. The molecular weight excluding hydrogens is 206 g/mol. The Hall–Kier alpha value is -1.75. The molecule has 5 heteroatoms. The third-order valence-corrected chi connectivity index (χ3v) is 2.26. The Morgan fingerprint density at radius 1 is 1.56 bits per heavy atom. The van der Waals surface area contributed by atoms with Crippen LogP contribution in [0, 0.1) is 6.92 Å². The smallest absolute Gasteiger partial charge is 0.254 e. The molecule has 0 radical (unpaired) electrons. The number of rotatable bonds is 3. The molecule has 1 aliphatic heterocycles. The number of aromatic nitrogens is 1. The van der Waals surface area contributed by atoms with E-state index in [0.717, 1.165) is 11.3 Å². The number of hydrazone groups is 1. The van der Waals surface area contributed by atoms with E-state index in [1.165, 1.54) is 5.01 Å². The van der Waals surface area contributed by atoms with Crippen LogP contribution >= 0.6 is 0 Å². The van der Waals surface area contributed by atoms with Gasteiger partial charge in [-0.05, 0) is 24.6 Å². The van der Waals surface area contributed by atoms with Crippen LogP contribution in [0.15, 0.2) is 23.4 Å². The molecule has 0 saturated heterocycles. The molecule has 1 aromatic heterocycles. The molecule has 2 rings (SSSR count). The van der Waals surface area contributed by atoms with Gasteiger partial charge in [-0.25, -0.2) is 4.98 Å². The molecule has 1 aromatic rings. The minimum absolute atomic E-state index is 0.0647. The van der Waals surface area contributed by atoms with Gasteiger partial charge in [0.25, 0.3) is 5.91 Å². The monoisotopic (exact) mass is 219 g/mol. The van der Waals surface area contributed by atoms with Gasteiger partial charge in [-0.2, -0.15) is 10.1 Å². The maximum absolute atomic E-state index is 11.7. The molecule has 0 N–H and O–H groups in total. The molecule has 0 fully saturated rings. The lowest BCUT2D eigenvalue weighted by Gasteiger charge is -2.10. The molecule has 0 atom stereocenters. The van der Waals surface area contributed by atoms with Gasteiger partial charge >= 0.3 is 0 Å². The van der Waals surface area contributed by atoms with Crippen LogP contribution in [-0.2, 0) is 9.53 Å². The first-order chi connectivity index (χ1) is 7.70. The standard InChI is InChI=1S/C11H13N3O2/c1-8-3-4-12-10(5-8)14-11(15)6-9(13-14)7-16-2/h3-5H,6-7H2,1-2H3. The van der Waals surface area contributed by atoms with Crippen molar-refractivity contribution in [2.75, 3.05) is 18.7 Å². The Kier molecular flexibility index (Phi) is 2.96. The number of anilines is 1. The van der Waals surface area contributed by atoms with E-state index in [1.807, 2.05) is 19.1 Å². The highest BCUT2D eigenvalue weighted by Crippen LogP contribution is 2.18. The molecule has 84 valence electrons. The molecule has 16 heavy (non-hydrogen) atoms. The highest BCUT2D eigenvalue weighted by atomic mass is 16.5. The van der Waals surface area contributed by atoms with Crippen molar-refractivity contribution in [2.45, 2.75) is 13.3 Å². The fraction of sp³-hybridized carbons (Fsp3) is 0.364. The van der Waals surface area contributed by atoms with Crippen LogP contribution in [-0.4, -0.2) is 30.3 Å². The predicted octanol–water partition coefficient (Wildman–Crippen LogP) is 1.13. The van der Waals surface area contributed by atoms with Crippen molar-refractivity contribution in [3.05, 3.63) is 23.9 Å². The van der Waals surface area contributed by atoms with Crippen LogP contribution in [0.25, 0.3) is 0 Å². The lowest BCUT2D eigenvalue weighted by atomic mass is 10.3. The minimum atomic E-state index is -0.0647. The van der Waals surface area contributed by atoms with Gasteiger partial charge in [-0.1, -0.05) is 0 Å². The summed E-state index contributed by atoms with van der Waals surface area (Å²) in [5.41, 5.74) is 1.78. The summed E-state index contributed by atoms with van der Waals surface area (Å²) in [5, 5.41) is 5.52. The van der Waals surface area contributed by atoms with E-state index in [4.69, 9.17) is 4.74 Å². The van der Waals surface area contributed by atoms with Crippen LogP contribution in [0.4, 0.5) is 5.82 Å². The summed E-state index contributed by atoms with van der Waals surface area (Å²) in [4.78, 5) is 15.8. The number of nitrogens with zero attached hydrogens (tertiary/aromatic N) is 3. The topological polar surface area (TPSA) is 54.8 Å². The Balaban J connectivity index is 2.24. The molecule has 0 saturated carbocycles. The van der Waals surface area contributed by atoms with Crippen molar-refractivity contribution < 1.29 is 9.53 Å². The first kappa shape index (κ1) is 10.8. The van der Waals surface area contributed by atoms with Crippen LogP contribution < -0.4 is 5.01 Å². The molecule has 0 aromatic carbocycles. The normalized spacial score (nSPS) is 15.5. The Bertz CT molecular complexity index is 443. The predicted molar refractivity (Wildman–Crippen MR) is 60.4 cm³/mol. The average molecular weight is 219 g/mol. The third kappa shape index (κ3) is 2.09. The summed E-state index contributed by atoms with van der Waals surface area (Å²) >= 11 is 0. The molecule has 2 heterocycles. The highest BCUT2D eigenvalue weighted by molar-refractivity contribution is 6.13. The van der Waals surface area contributed by atoms with Crippen molar-refractivity contribution in [1.82, 2.24) is 4.98 Å². The van der Waals surface area contributed by atoms with Crippen LogP contribution in [0.1, 0.15) is 12.0 Å². The van der Waals surface area contributed by atoms with E-state index in [9.17, 15) is 4.79 Å². The number of ether oxygens (including phenoxy) is 1. The number of hydrogen-bond donors (Lipinski definition) is 0. The molecule has 0 unspecified atom stereocenters. The van der Waals surface area contributed by atoms with Gasteiger partial charge < -0.3 is 4.74 Å². The van der Waals surface area contributed by atoms with E-state index in [-0.39, 0.29) is 5.91 Å². The third-order valence-electron chi connectivity index (χ3n) is 2.26. The zero-order chi connectivity index (χ0) is 11.5. The van der Waals surface area contributed by atoms with Gasteiger partial charge in [0, 0.05) is 13.3 Å².